The van der Waals surface area contributed by atoms with Crippen molar-refractivity contribution in [3.05, 3.63) is 0 Å². The fraction of sp³-hybridized carbons (Fsp3) is 0.846. The van der Waals surface area contributed by atoms with Crippen LogP contribution in [0.3, 0.4) is 0 Å². The van der Waals surface area contributed by atoms with Crippen LogP contribution in [0.1, 0.15) is 39.0 Å². The van der Waals surface area contributed by atoms with Crippen molar-refractivity contribution in [3.8, 4) is 0 Å². The summed E-state index contributed by atoms with van der Waals surface area (Å²) in [6.45, 7) is 1.57. The molecule has 0 saturated heterocycles. The predicted octanol–water partition coefficient (Wildman–Crippen LogP) is 2.42. The number of hydrogen-bond donors (Lipinski definition) is 1. The fourth-order valence-electron chi connectivity index (χ4n) is 2.57. The van der Waals surface area contributed by atoms with Crippen molar-refractivity contribution in [2.75, 3.05) is 7.11 Å². The van der Waals surface area contributed by atoms with Crippen molar-refractivity contribution in [1.29, 1.82) is 0 Å². The van der Waals surface area contributed by atoms with Gasteiger partial charge in [-0.05, 0) is 19.8 Å². The van der Waals surface area contributed by atoms with Gasteiger partial charge in [0, 0.05) is 12.0 Å². The summed E-state index contributed by atoms with van der Waals surface area (Å²) in [7, 11) is 1.22. The van der Waals surface area contributed by atoms with Crippen molar-refractivity contribution < 1.29 is 27.5 Å². The van der Waals surface area contributed by atoms with Crippen LogP contribution in [-0.2, 0) is 14.3 Å². The lowest BCUT2D eigenvalue weighted by Gasteiger charge is -2.32. The highest BCUT2D eigenvalue weighted by molar-refractivity contribution is 5.80. The van der Waals surface area contributed by atoms with E-state index in [9.17, 15) is 22.8 Å². The number of methoxy groups -OCH3 is 1. The molecule has 4 nitrogen and oxygen atoms in total. The molecule has 0 bridgehead atoms. The molecule has 20 heavy (non-hydrogen) atoms. The van der Waals surface area contributed by atoms with Crippen LogP contribution < -0.4 is 5.32 Å². The number of rotatable bonds is 4. The number of halogens is 3. The first-order valence-electron chi connectivity index (χ1n) is 6.69. The maximum Gasteiger partial charge on any atom is 0.392 e. The van der Waals surface area contributed by atoms with Crippen molar-refractivity contribution >= 4 is 11.9 Å². The third kappa shape index (κ3) is 4.68. The van der Waals surface area contributed by atoms with E-state index in [2.05, 4.69) is 10.1 Å². The Labute approximate surface area is 116 Å². The van der Waals surface area contributed by atoms with E-state index in [0.717, 1.165) is 0 Å². The van der Waals surface area contributed by atoms with Crippen molar-refractivity contribution in [2.24, 2.45) is 11.8 Å². The van der Waals surface area contributed by atoms with E-state index < -0.39 is 35.9 Å². The molecule has 0 unspecified atom stereocenters. The maximum absolute atomic E-state index is 12.9. The zero-order chi connectivity index (χ0) is 15.3. The van der Waals surface area contributed by atoms with E-state index in [0.29, 0.717) is 12.8 Å². The van der Waals surface area contributed by atoms with E-state index in [1.807, 2.05) is 0 Å². The lowest BCUT2D eigenvalue weighted by Crippen LogP contribution is -2.45. The SMILES string of the molecule is COC(=O)C[C@@H](C)NC(=O)[C@@H]1CCCC[C@@H]1C(F)(F)F. The molecule has 0 spiro atoms. The number of esters is 1. The highest BCUT2D eigenvalue weighted by Gasteiger charge is 2.48. The van der Waals surface area contributed by atoms with Gasteiger partial charge in [-0.15, -0.1) is 0 Å². The molecular weight excluding hydrogens is 275 g/mol. The number of alkyl halides is 3. The van der Waals surface area contributed by atoms with Crippen LogP contribution in [0.25, 0.3) is 0 Å². The minimum Gasteiger partial charge on any atom is -0.469 e. The van der Waals surface area contributed by atoms with Gasteiger partial charge in [0.05, 0.1) is 19.4 Å². The molecular formula is C13H20F3NO3. The fourth-order valence-corrected chi connectivity index (χ4v) is 2.57. The van der Waals surface area contributed by atoms with Crippen LogP contribution in [-0.4, -0.2) is 31.2 Å². The molecule has 0 aromatic rings. The minimum atomic E-state index is -4.35. The van der Waals surface area contributed by atoms with Crippen LogP contribution in [0.4, 0.5) is 13.2 Å². The molecule has 7 heteroatoms. The van der Waals surface area contributed by atoms with Crippen LogP contribution in [0.5, 0.6) is 0 Å². The highest BCUT2D eigenvalue weighted by atomic mass is 19.4. The van der Waals surface area contributed by atoms with E-state index >= 15 is 0 Å². The average Bonchev–Trinajstić information content (AvgIpc) is 2.37. The Bertz CT molecular complexity index is 357. The summed E-state index contributed by atoms with van der Waals surface area (Å²) in [6, 6.07) is -0.536. The molecule has 1 fully saturated rings. The highest BCUT2D eigenvalue weighted by Crippen LogP contribution is 2.41. The molecule has 0 aliphatic heterocycles. The smallest absolute Gasteiger partial charge is 0.392 e. The molecule has 1 rings (SSSR count). The molecule has 1 amide bonds. The standard InChI is InChI=1S/C13H20F3NO3/c1-8(7-11(18)20-2)17-12(19)9-5-3-4-6-10(9)13(14,15)16/h8-10H,3-7H2,1-2H3,(H,17,19)/t8-,9-,10+/m1/s1. The van der Waals surface area contributed by atoms with Gasteiger partial charge in [0.2, 0.25) is 5.91 Å². The summed E-state index contributed by atoms with van der Waals surface area (Å²) >= 11 is 0. The van der Waals surface area contributed by atoms with Crippen LogP contribution >= 0.6 is 0 Å². The van der Waals surface area contributed by atoms with Crippen molar-refractivity contribution in [1.82, 2.24) is 5.32 Å². The normalized spacial score (nSPS) is 24.9. The second kappa shape index (κ2) is 6.95. The third-order valence-corrected chi connectivity index (χ3v) is 3.61. The minimum absolute atomic E-state index is 0.00697. The summed E-state index contributed by atoms with van der Waals surface area (Å²) in [6.07, 6.45) is -3.06. The second-order valence-electron chi connectivity index (χ2n) is 5.23. The monoisotopic (exact) mass is 295 g/mol. The molecule has 0 radical (unpaired) electrons. The Kier molecular flexibility index (Phi) is 5.83. The topological polar surface area (TPSA) is 55.4 Å². The van der Waals surface area contributed by atoms with Gasteiger partial charge in [-0.2, -0.15) is 13.2 Å². The molecule has 1 aliphatic carbocycles. The molecule has 0 heterocycles. The summed E-state index contributed by atoms with van der Waals surface area (Å²) in [5.74, 6) is -3.76. The van der Waals surface area contributed by atoms with Gasteiger partial charge in [0.15, 0.2) is 0 Å². The van der Waals surface area contributed by atoms with Gasteiger partial charge >= 0.3 is 12.1 Å². The summed E-state index contributed by atoms with van der Waals surface area (Å²) in [5.41, 5.74) is 0. The van der Waals surface area contributed by atoms with Crippen LogP contribution in [0.2, 0.25) is 0 Å². The van der Waals surface area contributed by atoms with E-state index in [4.69, 9.17) is 0 Å². The quantitative estimate of drug-likeness (QED) is 0.810. The van der Waals surface area contributed by atoms with Crippen LogP contribution in [0.15, 0.2) is 0 Å². The molecule has 3 atom stereocenters. The molecule has 1 saturated carbocycles. The Hall–Kier alpha value is -1.27. The van der Waals surface area contributed by atoms with Gasteiger partial charge in [-0.25, -0.2) is 0 Å². The number of nitrogens with one attached hydrogen (secondary N) is 1. The lowest BCUT2D eigenvalue weighted by atomic mass is 9.78. The van der Waals surface area contributed by atoms with E-state index in [1.54, 1.807) is 6.92 Å². The number of ether oxygens (including phenoxy) is 1. The Morgan fingerprint density at radius 1 is 1.30 bits per heavy atom. The van der Waals surface area contributed by atoms with E-state index in [1.165, 1.54) is 7.11 Å². The maximum atomic E-state index is 12.9. The largest absolute Gasteiger partial charge is 0.469 e. The van der Waals surface area contributed by atoms with Crippen LogP contribution in [0, 0.1) is 11.8 Å². The summed E-state index contributed by atoms with van der Waals surface area (Å²) in [4.78, 5) is 23.0. The van der Waals surface area contributed by atoms with Gasteiger partial charge in [0.1, 0.15) is 0 Å². The number of carbonyl (C=O) groups is 2. The number of hydrogen-bond acceptors (Lipinski definition) is 3. The van der Waals surface area contributed by atoms with Crippen molar-refractivity contribution in [3.63, 3.8) is 0 Å². The lowest BCUT2D eigenvalue weighted by molar-refractivity contribution is -0.198. The van der Waals surface area contributed by atoms with Gasteiger partial charge in [-0.3, -0.25) is 9.59 Å². The summed E-state index contributed by atoms with van der Waals surface area (Å²) in [5, 5.41) is 2.48. The molecule has 1 aliphatic rings. The second-order valence-corrected chi connectivity index (χ2v) is 5.23. The number of carbonyl (C=O) groups excluding carboxylic acids is 2. The first kappa shape index (κ1) is 16.8. The molecule has 0 aromatic carbocycles. The first-order valence-corrected chi connectivity index (χ1v) is 6.69. The third-order valence-electron chi connectivity index (χ3n) is 3.61. The average molecular weight is 295 g/mol. The van der Waals surface area contributed by atoms with Gasteiger partial charge in [-0.1, -0.05) is 12.8 Å². The van der Waals surface area contributed by atoms with Crippen molar-refractivity contribution in [2.45, 2.75) is 51.2 Å². The van der Waals surface area contributed by atoms with Gasteiger partial charge in [0.25, 0.3) is 0 Å². The number of amides is 1. The molecule has 1 N–H and O–H groups in total. The van der Waals surface area contributed by atoms with Gasteiger partial charge < -0.3 is 10.1 Å². The molecule has 116 valence electrons. The predicted molar refractivity (Wildman–Crippen MR) is 65.7 cm³/mol. The zero-order valence-corrected chi connectivity index (χ0v) is 11.6. The Morgan fingerprint density at radius 2 is 1.90 bits per heavy atom. The molecule has 0 aromatic heterocycles. The Balaban J connectivity index is 2.62. The Morgan fingerprint density at radius 3 is 2.45 bits per heavy atom. The summed E-state index contributed by atoms with van der Waals surface area (Å²) < 4.78 is 43.2. The van der Waals surface area contributed by atoms with E-state index in [-0.39, 0.29) is 19.3 Å². The zero-order valence-electron chi connectivity index (χ0n) is 11.6. The first-order chi connectivity index (χ1) is 9.25.